The zero-order chi connectivity index (χ0) is 18.6. The molecule has 0 heterocycles. The van der Waals surface area contributed by atoms with E-state index in [4.69, 9.17) is 4.74 Å². The smallest absolute Gasteiger partial charge is 0.258 e. The molecule has 1 N–H and O–H groups in total. The number of rotatable bonds is 5. The highest BCUT2D eigenvalue weighted by Gasteiger charge is 2.15. The number of nitrogens with one attached hydrogen (secondary N) is 1. The molecule has 2 aromatic rings. The van der Waals surface area contributed by atoms with Crippen LogP contribution < -0.4 is 10.1 Å². The summed E-state index contributed by atoms with van der Waals surface area (Å²) >= 11 is 0. The molecule has 0 fully saturated rings. The fourth-order valence-corrected chi connectivity index (χ4v) is 2.80. The van der Waals surface area contributed by atoms with Gasteiger partial charge in [0.2, 0.25) is 0 Å². The van der Waals surface area contributed by atoms with Crippen LogP contribution in [0.15, 0.2) is 42.5 Å². The minimum Gasteiger partial charge on any atom is -0.484 e. The maximum atomic E-state index is 12.2. The first-order valence-electron chi connectivity index (χ1n) is 8.76. The Kier molecular flexibility index (Phi) is 5.89. The van der Waals surface area contributed by atoms with E-state index in [1.807, 2.05) is 32.9 Å². The molecule has 3 heteroatoms. The van der Waals surface area contributed by atoms with E-state index in [2.05, 4.69) is 56.4 Å². The van der Waals surface area contributed by atoms with Crippen LogP contribution in [0, 0.1) is 13.8 Å². The fraction of sp³-hybridized carbons (Fsp3) is 0.409. The molecule has 1 amide bonds. The topological polar surface area (TPSA) is 38.3 Å². The highest BCUT2D eigenvalue weighted by atomic mass is 16.5. The van der Waals surface area contributed by atoms with Crippen LogP contribution >= 0.6 is 0 Å². The minimum atomic E-state index is -0.119. The maximum absolute atomic E-state index is 12.2. The average Bonchev–Trinajstić information content (AvgIpc) is 2.51. The van der Waals surface area contributed by atoms with E-state index >= 15 is 0 Å². The average molecular weight is 339 g/mol. The lowest BCUT2D eigenvalue weighted by molar-refractivity contribution is -0.123. The molecular formula is C22H29NO2. The van der Waals surface area contributed by atoms with Crippen LogP contribution in [-0.2, 0) is 10.2 Å². The van der Waals surface area contributed by atoms with Crippen LogP contribution in [0.25, 0.3) is 0 Å². The normalized spacial score (nSPS) is 12.6. The van der Waals surface area contributed by atoms with Gasteiger partial charge in [0.05, 0.1) is 6.04 Å². The van der Waals surface area contributed by atoms with Crippen molar-refractivity contribution in [1.29, 1.82) is 0 Å². The predicted octanol–water partition coefficient (Wildman–Crippen LogP) is 4.86. The molecule has 1 atom stereocenters. The molecule has 0 saturated heterocycles. The second-order valence-electron chi connectivity index (χ2n) is 7.77. The van der Waals surface area contributed by atoms with E-state index in [9.17, 15) is 4.79 Å². The summed E-state index contributed by atoms with van der Waals surface area (Å²) in [5.74, 6) is 0.612. The Labute approximate surface area is 151 Å². The maximum Gasteiger partial charge on any atom is 0.258 e. The highest BCUT2D eigenvalue weighted by Crippen LogP contribution is 2.24. The Morgan fingerprint density at radius 3 is 2.12 bits per heavy atom. The van der Waals surface area contributed by atoms with Crippen LogP contribution in [0.4, 0.5) is 0 Å². The van der Waals surface area contributed by atoms with Crippen molar-refractivity contribution in [1.82, 2.24) is 5.32 Å². The lowest BCUT2D eigenvalue weighted by atomic mass is 9.86. The van der Waals surface area contributed by atoms with Gasteiger partial charge in [-0.15, -0.1) is 0 Å². The van der Waals surface area contributed by atoms with Crippen molar-refractivity contribution < 1.29 is 9.53 Å². The Morgan fingerprint density at radius 2 is 1.60 bits per heavy atom. The summed E-state index contributed by atoms with van der Waals surface area (Å²) < 4.78 is 5.62. The molecule has 0 radical (unpaired) electrons. The summed E-state index contributed by atoms with van der Waals surface area (Å²) in [5.41, 5.74) is 4.76. The van der Waals surface area contributed by atoms with Crippen molar-refractivity contribution in [3.63, 3.8) is 0 Å². The first-order valence-corrected chi connectivity index (χ1v) is 8.76. The van der Waals surface area contributed by atoms with Crippen LogP contribution in [0.3, 0.4) is 0 Å². The Bertz CT molecular complexity index is 706. The fourth-order valence-electron chi connectivity index (χ4n) is 2.80. The molecule has 2 aromatic carbocycles. The predicted molar refractivity (Wildman–Crippen MR) is 103 cm³/mol. The second kappa shape index (κ2) is 7.73. The molecule has 3 nitrogen and oxygen atoms in total. The first-order chi connectivity index (χ1) is 11.6. The number of hydrogen-bond donors (Lipinski definition) is 1. The molecule has 2 rings (SSSR count). The van der Waals surface area contributed by atoms with Gasteiger partial charge in [0.25, 0.3) is 5.91 Å². The summed E-state index contributed by atoms with van der Waals surface area (Å²) in [5, 5.41) is 2.99. The lowest BCUT2D eigenvalue weighted by Gasteiger charge is -2.20. The van der Waals surface area contributed by atoms with Gasteiger partial charge < -0.3 is 10.1 Å². The van der Waals surface area contributed by atoms with E-state index in [0.717, 1.165) is 22.4 Å². The Hall–Kier alpha value is -2.29. The number of carbonyl (C=O) groups is 1. The van der Waals surface area contributed by atoms with Gasteiger partial charge in [-0.3, -0.25) is 4.79 Å². The van der Waals surface area contributed by atoms with Crippen molar-refractivity contribution in [2.45, 2.75) is 53.0 Å². The van der Waals surface area contributed by atoms with Gasteiger partial charge in [-0.1, -0.05) is 51.1 Å². The Morgan fingerprint density at radius 1 is 1.04 bits per heavy atom. The number of carbonyl (C=O) groups excluding carboxylic acids is 1. The molecule has 0 aliphatic heterocycles. The summed E-state index contributed by atoms with van der Waals surface area (Å²) in [4.78, 5) is 12.2. The molecule has 0 aromatic heterocycles. The number of hydrogen-bond acceptors (Lipinski definition) is 2. The third-order valence-electron chi connectivity index (χ3n) is 4.22. The van der Waals surface area contributed by atoms with Crippen molar-refractivity contribution >= 4 is 5.91 Å². The molecular weight excluding hydrogens is 310 g/mol. The van der Waals surface area contributed by atoms with E-state index in [0.29, 0.717) is 0 Å². The summed E-state index contributed by atoms with van der Waals surface area (Å²) in [6, 6.07) is 14.3. The van der Waals surface area contributed by atoms with Crippen molar-refractivity contribution in [2.24, 2.45) is 0 Å². The van der Waals surface area contributed by atoms with Crippen LogP contribution in [0.5, 0.6) is 5.75 Å². The number of aryl methyl sites for hydroxylation is 2. The van der Waals surface area contributed by atoms with Crippen LogP contribution in [-0.4, -0.2) is 12.5 Å². The third-order valence-corrected chi connectivity index (χ3v) is 4.22. The number of ether oxygens (including phenoxy) is 1. The summed E-state index contributed by atoms with van der Waals surface area (Å²) in [6.07, 6.45) is 0. The molecule has 0 saturated carbocycles. The molecule has 134 valence electrons. The van der Waals surface area contributed by atoms with Crippen LogP contribution in [0.2, 0.25) is 0 Å². The number of amides is 1. The van der Waals surface area contributed by atoms with E-state index in [1.54, 1.807) is 0 Å². The van der Waals surface area contributed by atoms with Crippen molar-refractivity contribution in [2.75, 3.05) is 6.61 Å². The molecule has 0 bridgehead atoms. The zero-order valence-corrected chi connectivity index (χ0v) is 16.1. The van der Waals surface area contributed by atoms with Gasteiger partial charge in [0.15, 0.2) is 6.61 Å². The largest absolute Gasteiger partial charge is 0.484 e. The molecule has 1 unspecified atom stereocenters. The van der Waals surface area contributed by atoms with Gasteiger partial charge in [-0.25, -0.2) is 0 Å². The van der Waals surface area contributed by atoms with E-state index < -0.39 is 0 Å². The van der Waals surface area contributed by atoms with Crippen LogP contribution in [0.1, 0.15) is 56.0 Å². The number of benzene rings is 2. The minimum absolute atomic E-state index is 0.0211. The second-order valence-corrected chi connectivity index (χ2v) is 7.77. The Balaban J connectivity index is 1.91. The van der Waals surface area contributed by atoms with Crippen molar-refractivity contribution in [3.8, 4) is 5.75 Å². The summed E-state index contributed by atoms with van der Waals surface area (Å²) in [7, 11) is 0. The SMILES string of the molecule is Cc1cc(C)cc(OCC(=O)NC(C)c2ccc(C(C)(C)C)cc2)c1. The highest BCUT2D eigenvalue weighted by molar-refractivity contribution is 5.78. The molecule has 0 aliphatic carbocycles. The zero-order valence-electron chi connectivity index (χ0n) is 16.1. The van der Waals surface area contributed by atoms with Gasteiger partial charge in [-0.2, -0.15) is 0 Å². The van der Waals surface area contributed by atoms with Gasteiger partial charge in [0, 0.05) is 0 Å². The summed E-state index contributed by atoms with van der Waals surface area (Å²) in [6.45, 7) is 12.6. The van der Waals surface area contributed by atoms with Gasteiger partial charge in [-0.05, 0) is 60.6 Å². The van der Waals surface area contributed by atoms with E-state index in [1.165, 1.54) is 5.56 Å². The van der Waals surface area contributed by atoms with E-state index in [-0.39, 0.29) is 24.0 Å². The monoisotopic (exact) mass is 339 g/mol. The van der Waals surface area contributed by atoms with Gasteiger partial charge >= 0.3 is 0 Å². The molecule has 0 aliphatic rings. The lowest BCUT2D eigenvalue weighted by Crippen LogP contribution is -2.31. The standard InChI is InChI=1S/C22H29NO2/c1-15-11-16(2)13-20(12-15)25-14-21(24)23-17(3)18-7-9-19(10-8-18)22(4,5)6/h7-13,17H,14H2,1-6H3,(H,23,24). The third kappa shape index (κ3) is 5.63. The quantitative estimate of drug-likeness (QED) is 0.845. The first kappa shape index (κ1) is 19.0. The van der Waals surface area contributed by atoms with Gasteiger partial charge in [0.1, 0.15) is 5.75 Å². The molecule has 0 spiro atoms. The van der Waals surface area contributed by atoms with Crippen molar-refractivity contribution in [3.05, 3.63) is 64.7 Å². The molecule has 25 heavy (non-hydrogen) atoms.